The number of nitrogens with two attached hydrogens (primary N) is 1. The summed E-state index contributed by atoms with van der Waals surface area (Å²) in [6.07, 6.45) is 2.14. The third-order valence-electron chi connectivity index (χ3n) is 3.00. The van der Waals surface area contributed by atoms with Crippen LogP contribution in [-0.2, 0) is 12.8 Å². The zero-order valence-corrected chi connectivity index (χ0v) is 10.6. The van der Waals surface area contributed by atoms with Gasteiger partial charge in [0, 0.05) is 5.69 Å². The normalized spacial score (nSPS) is 10.4. The summed E-state index contributed by atoms with van der Waals surface area (Å²) in [6, 6.07) is 18.7. The van der Waals surface area contributed by atoms with Crippen molar-refractivity contribution >= 4 is 5.69 Å². The van der Waals surface area contributed by atoms with Crippen molar-refractivity contribution in [1.29, 1.82) is 0 Å². The first-order chi connectivity index (χ1) is 8.84. The maximum atomic E-state index is 5.65. The van der Waals surface area contributed by atoms with E-state index in [9.17, 15) is 0 Å². The van der Waals surface area contributed by atoms with Gasteiger partial charge in [-0.3, -0.25) is 0 Å². The number of nitrogens with one attached hydrogen (secondary N) is 1. The van der Waals surface area contributed by atoms with Crippen LogP contribution in [0.25, 0.3) is 0 Å². The van der Waals surface area contributed by atoms with Gasteiger partial charge in [0.1, 0.15) is 0 Å². The monoisotopic (exact) mass is 240 g/mol. The molecule has 0 fully saturated rings. The highest BCUT2D eigenvalue weighted by Gasteiger charge is 1.94. The standard InChI is InChI=1S/C16H20N2/c17-16-8-6-15(7-9-16)11-13-18-12-10-14-4-2-1-3-5-14/h1-9,18H,10-13,17H2. The first kappa shape index (κ1) is 12.7. The average Bonchev–Trinajstić information content (AvgIpc) is 2.42. The fraction of sp³-hybridized carbons (Fsp3) is 0.250. The minimum absolute atomic E-state index is 0.829. The quantitative estimate of drug-likeness (QED) is 0.602. The van der Waals surface area contributed by atoms with Crippen molar-refractivity contribution in [3.63, 3.8) is 0 Å². The molecule has 2 aromatic rings. The Bertz CT molecular complexity index is 448. The summed E-state index contributed by atoms with van der Waals surface area (Å²) in [7, 11) is 0. The van der Waals surface area contributed by atoms with Crippen molar-refractivity contribution in [2.24, 2.45) is 0 Å². The average molecular weight is 240 g/mol. The van der Waals surface area contributed by atoms with Crippen LogP contribution < -0.4 is 11.1 Å². The highest BCUT2D eigenvalue weighted by atomic mass is 14.8. The molecule has 0 unspecified atom stereocenters. The van der Waals surface area contributed by atoms with Gasteiger partial charge in [-0.05, 0) is 49.2 Å². The first-order valence-corrected chi connectivity index (χ1v) is 6.43. The predicted molar refractivity (Wildman–Crippen MR) is 77.6 cm³/mol. The number of benzene rings is 2. The van der Waals surface area contributed by atoms with Gasteiger partial charge < -0.3 is 11.1 Å². The van der Waals surface area contributed by atoms with Crippen LogP contribution in [-0.4, -0.2) is 13.1 Å². The lowest BCUT2D eigenvalue weighted by molar-refractivity contribution is 0.682. The third-order valence-corrected chi connectivity index (χ3v) is 3.00. The van der Waals surface area contributed by atoms with Crippen LogP contribution >= 0.6 is 0 Å². The Morgan fingerprint density at radius 2 is 1.28 bits per heavy atom. The van der Waals surface area contributed by atoms with E-state index in [1.165, 1.54) is 11.1 Å². The molecule has 0 saturated carbocycles. The molecule has 0 aliphatic heterocycles. The van der Waals surface area contributed by atoms with Crippen molar-refractivity contribution in [1.82, 2.24) is 5.32 Å². The molecule has 0 heterocycles. The van der Waals surface area contributed by atoms with Crippen LogP contribution in [0, 0.1) is 0 Å². The van der Waals surface area contributed by atoms with E-state index < -0.39 is 0 Å². The molecule has 0 aliphatic carbocycles. The van der Waals surface area contributed by atoms with E-state index in [-0.39, 0.29) is 0 Å². The van der Waals surface area contributed by atoms with Crippen LogP contribution in [0.3, 0.4) is 0 Å². The van der Waals surface area contributed by atoms with E-state index >= 15 is 0 Å². The molecule has 0 amide bonds. The van der Waals surface area contributed by atoms with Gasteiger partial charge in [-0.2, -0.15) is 0 Å². The van der Waals surface area contributed by atoms with Crippen molar-refractivity contribution in [2.45, 2.75) is 12.8 Å². The van der Waals surface area contributed by atoms with E-state index in [2.05, 4.69) is 47.8 Å². The van der Waals surface area contributed by atoms with Gasteiger partial charge in [0.25, 0.3) is 0 Å². The molecule has 0 saturated heterocycles. The first-order valence-electron chi connectivity index (χ1n) is 6.43. The van der Waals surface area contributed by atoms with Gasteiger partial charge in [0.05, 0.1) is 0 Å². The molecule has 0 aromatic heterocycles. The fourth-order valence-electron chi connectivity index (χ4n) is 1.92. The molecule has 18 heavy (non-hydrogen) atoms. The van der Waals surface area contributed by atoms with E-state index in [4.69, 9.17) is 5.73 Å². The van der Waals surface area contributed by atoms with Crippen molar-refractivity contribution in [2.75, 3.05) is 18.8 Å². The highest BCUT2D eigenvalue weighted by Crippen LogP contribution is 2.05. The predicted octanol–water partition coefficient (Wildman–Crippen LogP) is 2.64. The van der Waals surface area contributed by atoms with Crippen molar-refractivity contribution < 1.29 is 0 Å². The van der Waals surface area contributed by atoms with Crippen LogP contribution in [0.15, 0.2) is 54.6 Å². The molecule has 0 spiro atoms. The number of hydrogen-bond acceptors (Lipinski definition) is 2. The minimum atomic E-state index is 0.829. The van der Waals surface area contributed by atoms with Crippen molar-refractivity contribution in [3.05, 3.63) is 65.7 Å². The number of rotatable bonds is 6. The minimum Gasteiger partial charge on any atom is -0.399 e. The molecule has 2 rings (SSSR count). The van der Waals surface area contributed by atoms with Gasteiger partial charge in [0.15, 0.2) is 0 Å². The second kappa shape index (κ2) is 6.82. The van der Waals surface area contributed by atoms with Gasteiger partial charge in [0.2, 0.25) is 0 Å². The molecular formula is C16H20N2. The lowest BCUT2D eigenvalue weighted by Gasteiger charge is -2.05. The maximum absolute atomic E-state index is 5.65. The fourth-order valence-corrected chi connectivity index (χ4v) is 1.92. The summed E-state index contributed by atoms with van der Waals surface area (Å²) in [5.41, 5.74) is 9.20. The van der Waals surface area contributed by atoms with Crippen LogP contribution in [0.1, 0.15) is 11.1 Å². The van der Waals surface area contributed by atoms with E-state index in [0.29, 0.717) is 0 Å². The highest BCUT2D eigenvalue weighted by molar-refractivity contribution is 5.39. The number of anilines is 1. The van der Waals surface area contributed by atoms with E-state index in [1.54, 1.807) is 0 Å². The number of nitrogen functional groups attached to an aromatic ring is 1. The summed E-state index contributed by atoms with van der Waals surface area (Å²) >= 11 is 0. The topological polar surface area (TPSA) is 38.0 Å². The SMILES string of the molecule is Nc1ccc(CCNCCc2ccccc2)cc1. The molecule has 0 radical (unpaired) electrons. The lowest BCUT2D eigenvalue weighted by Crippen LogP contribution is -2.20. The molecule has 3 N–H and O–H groups in total. The second-order valence-corrected chi connectivity index (χ2v) is 4.48. The Labute approximate surface area is 109 Å². The summed E-state index contributed by atoms with van der Waals surface area (Å²) in [4.78, 5) is 0. The molecule has 2 aromatic carbocycles. The molecular weight excluding hydrogens is 220 g/mol. The largest absolute Gasteiger partial charge is 0.399 e. The Balaban J connectivity index is 1.63. The molecule has 0 atom stereocenters. The molecule has 2 heteroatoms. The number of hydrogen-bond donors (Lipinski definition) is 2. The molecule has 0 aliphatic rings. The lowest BCUT2D eigenvalue weighted by atomic mass is 10.1. The van der Waals surface area contributed by atoms with Crippen LogP contribution in [0.5, 0.6) is 0 Å². The summed E-state index contributed by atoms with van der Waals surface area (Å²) in [6.45, 7) is 2.04. The summed E-state index contributed by atoms with van der Waals surface area (Å²) < 4.78 is 0. The maximum Gasteiger partial charge on any atom is 0.0314 e. The smallest absolute Gasteiger partial charge is 0.0314 e. The molecule has 0 bridgehead atoms. The van der Waals surface area contributed by atoms with E-state index in [1.807, 2.05) is 12.1 Å². The summed E-state index contributed by atoms with van der Waals surface area (Å²) in [5, 5.41) is 3.47. The third kappa shape index (κ3) is 4.22. The Morgan fingerprint density at radius 3 is 1.89 bits per heavy atom. The van der Waals surface area contributed by atoms with Gasteiger partial charge in [-0.15, -0.1) is 0 Å². The van der Waals surface area contributed by atoms with Gasteiger partial charge >= 0.3 is 0 Å². The summed E-state index contributed by atoms with van der Waals surface area (Å²) in [5.74, 6) is 0. The Morgan fingerprint density at radius 1 is 0.722 bits per heavy atom. The van der Waals surface area contributed by atoms with Gasteiger partial charge in [-0.25, -0.2) is 0 Å². The van der Waals surface area contributed by atoms with Crippen LogP contribution in [0.2, 0.25) is 0 Å². The Kier molecular flexibility index (Phi) is 4.79. The molecule has 2 nitrogen and oxygen atoms in total. The van der Waals surface area contributed by atoms with Crippen molar-refractivity contribution in [3.8, 4) is 0 Å². The molecule has 94 valence electrons. The van der Waals surface area contributed by atoms with E-state index in [0.717, 1.165) is 31.6 Å². The second-order valence-electron chi connectivity index (χ2n) is 4.48. The van der Waals surface area contributed by atoms with Gasteiger partial charge in [-0.1, -0.05) is 42.5 Å². The van der Waals surface area contributed by atoms with Crippen LogP contribution in [0.4, 0.5) is 5.69 Å². The zero-order valence-electron chi connectivity index (χ0n) is 10.6. The Hall–Kier alpha value is -1.80. The zero-order chi connectivity index (χ0) is 12.6.